The Morgan fingerprint density at radius 3 is 2.82 bits per heavy atom. The molecular formula is C11H14ClN3O2. The van der Waals surface area contributed by atoms with Gasteiger partial charge in [0.25, 0.3) is 5.91 Å². The number of pyridine rings is 1. The highest BCUT2D eigenvalue weighted by Crippen LogP contribution is 2.13. The molecule has 6 heteroatoms. The van der Waals surface area contributed by atoms with Gasteiger partial charge in [-0.25, -0.2) is 4.98 Å². The quantitative estimate of drug-likeness (QED) is 0.779. The van der Waals surface area contributed by atoms with Crippen LogP contribution in [0.2, 0.25) is 5.15 Å². The predicted octanol–water partition coefficient (Wildman–Crippen LogP) is 1.23. The molecule has 0 bridgehead atoms. The van der Waals surface area contributed by atoms with Crippen molar-refractivity contribution in [3.8, 4) is 0 Å². The van der Waals surface area contributed by atoms with Crippen LogP contribution in [0, 0.1) is 0 Å². The number of halogens is 1. The van der Waals surface area contributed by atoms with E-state index in [0.717, 1.165) is 12.8 Å². The number of nitrogens with two attached hydrogens (primary N) is 1. The van der Waals surface area contributed by atoms with E-state index in [1.165, 1.54) is 12.1 Å². The maximum absolute atomic E-state index is 11.9. The lowest BCUT2D eigenvalue weighted by atomic mass is 10.1. The highest BCUT2D eigenvalue weighted by molar-refractivity contribution is 6.29. The lowest BCUT2D eigenvalue weighted by Crippen LogP contribution is -2.38. The van der Waals surface area contributed by atoms with Gasteiger partial charge in [-0.15, -0.1) is 0 Å². The highest BCUT2D eigenvalue weighted by Gasteiger charge is 2.17. The summed E-state index contributed by atoms with van der Waals surface area (Å²) in [5.41, 5.74) is 5.97. The Hall–Kier alpha value is -1.33. The maximum atomic E-state index is 11.9. The van der Waals surface area contributed by atoms with Gasteiger partial charge in [-0.1, -0.05) is 11.6 Å². The average molecular weight is 256 g/mol. The van der Waals surface area contributed by atoms with Crippen molar-refractivity contribution in [1.82, 2.24) is 10.3 Å². The van der Waals surface area contributed by atoms with Crippen molar-refractivity contribution in [2.75, 3.05) is 18.9 Å². The minimum absolute atomic E-state index is 0.157. The predicted molar refractivity (Wildman–Crippen MR) is 65.0 cm³/mol. The topological polar surface area (TPSA) is 77.2 Å². The number of nitrogen functional groups attached to an aromatic ring is 1. The molecule has 0 radical (unpaired) electrons. The molecule has 2 rings (SSSR count). The molecule has 0 atom stereocenters. The Labute approximate surface area is 104 Å². The first kappa shape index (κ1) is 12.1. The number of amides is 1. The van der Waals surface area contributed by atoms with Crippen LogP contribution < -0.4 is 11.1 Å². The molecule has 1 aromatic heterocycles. The van der Waals surface area contributed by atoms with Gasteiger partial charge in [0.2, 0.25) is 0 Å². The van der Waals surface area contributed by atoms with E-state index in [1.54, 1.807) is 0 Å². The molecule has 5 nitrogen and oxygen atoms in total. The largest absolute Gasteiger partial charge is 0.384 e. The monoisotopic (exact) mass is 255 g/mol. The van der Waals surface area contributed by atoms with Gasteiger partial charge >= 0.3 is 0 Å². The van der Waals surface area contributed by atoms with Gasteiger partial charge in [0.05, 0.1) is 0 Å². The van der Waals surface area contributed by atoms with Crippen molar-refractivity contribution in [3.05, 3.63) is 22.8 Å². The number of nitrogens with one attached hydrogen (secondary N) is 1. The maximum Gasteiger partial charge on any atom is 0.251 e. The van der Waals surface area contributed by atoms with E-state index in [2.05, 4.69) is 10.3 Å². The summed E-state index contributed by atoms with van der Waals surface area (Å²) >= 11 is 5.75. The van der Waals surface area contributed by atoms with Crippen molar-refractivity contribution >= 4 is 23.3 Å². The highest BCUT2D eigenvalue weighted by atomic mass is 35.5. The first-order chi connectivity index (χ1) is 8.15. The molecule has 0 aromatic carbocycles. The smallest absolute Gasteiger partial charge is 0.251 e. The number of carbonyl (C=O) groups is 1. The molecule has 92 valence electrons. The zero-order valence-electron chi connectivity index (χ0n) is 9.28. The molecule has 3 N–H and O–H groups in total. The SMILES string of the molecule is Nc1cc(C(=O)NC2CCOCC2)cc(Cl)n1. The van der Waals surface area contributed by atoms with E-state index in [4.69, 9.17) is 22.1 Å². The number of anilines is 1. The summed E-state index contributed by atoms with van der Waals surface area (Å²) in [7, 11) is 0. The fourth-order valence-corrected chi connectivity index (χ4v) is 1.97. The van der Waals surface area contributed by atoms with E-state index < -0.39 is 0 Å². The fraction of sp³-hybridized carbons (Fsp3) is 0.455. The summed E-state index contributed by atoms with van der Waals surface area (Å²) < 4.78 is 5.22. The van der Waals surface area contributed by atoms with Crippen LogP contribution in [0.25, 0.3) is 0 Å². The summed E-state index contributed by atoms with van der Waals surface area (Å²) in [6.07, 6.45) is 1.67. The number of ether oxygens (including phenoxy) is 1. The van der Waals surface area contributed by atoms with Gasteiger partial charge in [-0.05, 0) is 25.0 Å². The first-order valence-electron chi connectivity index (χ1n) is 5.47. The van der Waals surface area contributed by atoms with Crippen molar-refractivity contribution in [1.29, 1.82) is 0 Å². The molecule has 1 saturated heterocycles. The first-order valence-corrected chi connectivity index (χ1v) is 5.84. The van der Waals surface area contributed by atoms with Gasteiger partial charge in [-0.2, -0.15) is 0 Å². The van der Waals surface area contributed by atoms with Gasteiger partial charge in [-0.3, -0.25) is 4.79 Å². The standard InChI is InChI=1S/C11H14ClN3O2/c12-9-5-7(6-10(13)15-9)11(16)14-8-1-3-17-4-2-8/h5-6,8H,1-4H2,(H2,13,15)(H,14,16). The van der Waals surface area contributed by atoms with E-state index in [1.807, 2.05) is 0 Å². The second kappa shape index (κ2) is 5.33. The van der Waals surface area contributed by atoms with Crippen LogP contribution >= 0.6 is 11.6 Å². The van der Waals surface area contributed by atoms with Gasteiger partial charge in [0, 0.05) is 24.8 Å². The van der Waals surface area contributed by atoms with E-state index >= 15 is 0 Å². The van der Waals surface area contributed by atoms with Crippen LogP contribution in [0.15, 0.2) is 12.1 Å². The molecule has 2 heterocycles. The van der Waals surface area contributed by atoms with Crippen LogP contribution in [0.5, 0.6) is 0 Å². The van der Waals surface area contributed by atoms with Crippen LogP contribution in [0.4, 0.5) is 5.82 Å². The fourth-order valence-electron chi connectivity index (χ4n) is 1.76. The zero-order chi connectivity index (χ0) is 12.3. The molecule has 1 fully saturated rings. The molecule has 0 saturated carbocycles. The van der Waals surface area contributed by atoms with Gasteiger partial charge < -0.3 is 15.8 Å². The molecular weight excluding hydrogens is 242 g/mol. The van der Waals surface area contributed by atoms with Crippen molar-refractivity contribution in [2.45, 2.75) is 18.9 Å². The summed E-state index contributed by atoms with van der Waals surface area (Å²) in [5, 5.41) is 3.15. The number of rotatable bonds is 2. The summed E-state index contributed by atoms with van der Waals surface area (Å²) in [6.45, 7) is 1.37. The van der Waals surface area contributed by atoms with Crippen LogP contribution in [-0.2, 0) is 4.74 Å². The number of aromatic nitrogens is 1. The zero-order valence-corrected chi connectivity index (χ0v) is 10.0. The second-order valence-corrected chi connectivity index (χ2v) is 4.35. The summed E-state index contributed by atoms with van der Waals surface area (Å²) in [6, 6.07) is 3.18. The van der Waals surface area contributed by atoms with Crippen LogP contribution in [0.3, 0.4) is 0 Å². The molecule has 1 aromatic rings. The lowest BCUT2D eigenvalue weighted by Gasteiger charge is -2.23. The van der Waals surface area contributed by atoms with Gasteiger partial charge in [0.1, 0.15) is 11.0 Å². The van der Waals surface area contributed by atoms with E-state index in [0.29, 0.717) is 18.8 Å². The van der Waals surface area contributed by atoms with Crippen molar-refractivity contribution in [3.63, 3.8) is 0 Å². The number of hydrogen-bond acceptors (Lipinski definition) is 4. The van der Waals surface area contributed by atoms with E-state index in [-0.39, 0.29) is 22.9 Å². The molecule has 17 heavy (non-hydrogen) atoms. The van der Waals surface area contributed by atoms with Gasteiger partial charge in [0.15, 0.2) is 0 Å². The van der Waals surface area contributed by atoms with Crippen molar-refractivity contribution < 1.29 is 9.53 Å². The molecule has 1 amide bonds. The molecule has 0 unspecified atom stereocenters. The molecule has 0 aliphatic carbocycles. The average Bonchev–Trinajstić information content (AvgIpc) is 2.29. The number of carbonyl (C=O) groups excluding carboxylic acids is 1. The third kappa shape index (κ3) is 3.31. The summed E-state index contributed by atoms with van der Waals surface area (Å²) in [4.78, 5) is 15.7. The molecule has 1 aliphatic rings. The number of hydrogen-bond donors (Lipinski definition) is 2. The Bertz CT molecular complexity index is 399. The molecule has 0 spiro atoms. The molecule has 1 aliphatic heterocycles. The Kier molecular flexibility index (Phi) is 3.81. The third-order valence-corrected chi connectivity index (χ3v) is 2.83. The third-order valence-electron chi connectivity index (χ3n) is 2.63. The lowest BCUT2D eigenvalue weighted by molar-refractivity contribution is 0.0696. The van der Waals surface area contributed by atoms with E-state index in [9.17, 15) is 4.79 Å². The number of nitrogens with zero attached hydrogens (tertiary/aromatic N) is 1. The normalized spacial score (nSPS) is 16.8. The Morgan fingerprint density at radius 2 is 2.18 bits per heavy atom. The Balaban J connectivity index is 2.03. The minimum atomic E-state index is -0.173. The second-order valence-electron chi connectivity index (χ2n) is 3.96. The minimum Gasteiger partial charge on any atom is -0.384 e. The van der Waals surface area contributed by atoms with Crippen LogP contribution in [0.1, 0.15) is 23.2 Å². The summed E-state index contributed by atoms with van der Waals surface area (Å²) in [5.74, 6) is 0.0718. The van der Waals surface area contributed by atoms with Crippen molar-refractivity contribution in [2.24, 2.45) is 0 Å². The Morgan fingerprint density at radius 1 is 1.47 bits per heavy atom. The van der Waals surface area contributed by atoms with Crippen LogP contribution in [-0.4, -0.2) is 30.1 Å².